The first-order chi connectivity index (χ1) is 8.54. The second kappa shape index (κ2) is 6.81. The lowest BCUT2D eigenvalue weighted by Gasteiger charge is -2.00. The van der Waals surface area contributed by atoms with Crippen LogP contribution < -0.4 is 0 Å². The van der Waals surface area contributed by atoms with Gasteiger partial charge in [0.25, 0.3) is 0 Å². The fraction of sp³-hybridized carbons (Fsp3) is 0.231. The normalized spacial score (nSPS) is 10.6. The molecule has 0 radical (unpaired) electrons. The molecule has 96 valence electrons. The highest BCUT2D eigenvalue weighted by Gasteiger charge is 2.05. The van der Waals surface area contributed by atoms with E-state index in [4.69, 9.17) is 21.4 Å². The fourth-order valence-electron chi connectivity index (χ4n) is 1.30. The Hall–Kier alpha value is -1.81. The maximum Gasteiger partial charge on any atom is 0.335 e. The van der Waals surface area contributed by atoms with E-state index in [1.54, 1.807) is 25.1 Å². The number of ether oxygens (including phenoxy) is 1. The Balaban J connectivity index is 2.71. The van der Waals surface area contributed by atoms with Crippen LogP contribution in [0.4, 0.5) is 0 Å². The van der Waals surface area contributed by atoms with E-state index in [1.807, 2.05) is 0 Å². The zero-order valence-electron chi connectivity index (χ0n) is 9.85. The fourth-order valence-corrected chi connectivity index (χ4v) is 1.54. The van der Waals surface area contributed by atoms with E-state index in [1.165, 1.54) is 12.1 Å². The van der Waals surface area contributed by atoms with E-state index in [0.29, 0.717) is 17.2 Å². The largest absolute Gasteiger partial charge is 0.478 e. The number of hydrogen-bond acceptors (Lipinski definition) is 3. The Kier molecular flexibility index (Phi) is 5.39. The van der Waals surface area contributed by atoms with Crippen molar-refractivity contribution in [3.8, 4) is 0 Å². The highest BCUT2D eigenvalue weighted by atomic mass is 35.5. The van der Waals surface area contributed by atoms with Crippen LogP contribution in [0.5, 0.6) is 0 Å². The Labute approximate surface area is 110 Å². The van der Waals surface area contributed by atoms with Crippen molar-refractivity contribution in [1.29, 1.82) is 0 Å². The molecule has 0 saturated carbocycles. The van der Waals surface area contributed by atoms with Crippen molar-refractivity contribution in [2.24, 2.45) is 0 Å². The summed E-state index contributed by atoms with van der Waals surface area (Å²) in [6.07, 6.45) is 3.44. The van der Waals surface area contributed by atoms with Crippen molar-refractivity contribution in [2.45, 2.75) is 13.3 Å². The minimum Gasteiger partial charge on any atom is -0.478 e. The molecule has 0 fully saturated rings. The van der Waals surface area contributed by atoms with Crippen LogP contribution in [0.1, 0.15) is 29.3 Å². The van der Waals surface area contributed by atoms with E-state index in [9.17, 15) is 9.59 Å². The first kappa shape index (κ1) is 14.3. The summed E-state index contributed by atoms with van der Waals surface area (Å²) in [5, 5.41) is 9.10. The maximum atomic E-state index is 11.1. The summed E-state index contributed by atoms with van der Waals surface area (Å²) in [6, 6.07) is 4.42. The quantitative estimate of drug-likeness (QED) is 0.834. The molecule has 0 aliphatic rings. The van der Waals surface area contributed by atoms with Gasteiger partial charge in [-0.1, -0.05) is 29.8 Å². The van der Waals surface area contributed by atoms with Crippen molar-refractivity contribution in [2.75, 3.05) is 6.61 Å². The van der Waals surface area contributed by atoms with Crippen LogP contribution in [0.2, 0.25) is 5.02 Å². The molecule has 0 unspecified atom stereocenters. The summed E-state index contributed by atoms with van der Waals surface area (Å²) in [6.45, 7) is 2.09. The second-order valence-electron chi connectivity index (χ2n) is 3.45. The standard InChI is InChI=1S/C13H13ClO4/c1-2-18-12(15)5-3-4-9-6-7-10(13(16)17)8-11(9)14/h3-4,6-8H,2,5H2,1H3,(H,16,17). The number of carbonyl (C=O) groups excluding carboxylic acids is 1. The predicted molar refractivity (Wildman–Crippen MR) is 68.7 cm³/mol. The summed E-state index contributed by atoms with van der Waals surface area (Å²) in [5.41, 5.74) is 0.786. The number of benzene rings is 1. The summed E-state index contributed by atoms with van der Waals surface area (Å²) >= 11 is 5.92. The van der Waals surface area contributed by atoms with E-state index in [0.717, 1.165) is 0 Å². The van der Waals surface area contributed by atoms with Crippen LogP contribution in [0.3, 0.4) is 0 Å². The van der Waals surface area contributed by atoms with Crippen molar-refractivity contribution in [3.63, 3.8) is 0 Å². The lowest BCUT2D eigenvalue weighted by atomic mass is 10.1. The molecule has 18 heavy (non-hydrogen) atoms. The van der Waals surface area contributed by atoms with Gasteiger partial charge in [0, 0.05) is 5.02 Å². The smallest absolute Gasteiger partial charge is 0.335 e. The number of hydrogen-bond donors (Lipinski definition) is 1. The molecule has 0 aromatic heterocycles. The first-order valence-corrected chi connectivity index (χ1v) is 5.77. The summed E-state index contributed by atoms with van der Waals surface area (Å²) < 4.78 is 4.76. The second-order valence-corrected chi connectivity index (χ2v) is 3.86. The molecule has 0 aliphatic carbocycles. The SMILES string of the molecule is CCOC(=O)CC=Cc1ccc(C(=O)O)cc1Cl. The molecule has 0 heterocycles. The van der Waals surface area contributed by atoms with Gasteiger partial charge < -0.3 is 9.84 Å². The van der Waals surface area contributed by atoms with Crippen LogP contribution >= 0.6 is 11.6 Å². The molecule has 0 spiro atoms. The average Bonchev–Trinajstić information content (AvgIpc) is 2.31. The summed E-state index contributed by atoms with van der Waals surface area (Å²) in [5.74, 6) is -1.34. The van der Waals surface area contributed by atoms with E-state index < -0.39 is 5.97 Å². The van der Waals surface area contributed by atoms with Crippen LogP contribution in [-0.4, -0.2) is 23.7 Å². The van der Waals surface area contributed by atoms with Crippen LogP contribution in [0, 0.1) is 0 Å². The van der Waals surface area contributed by atoms with Crippen LogP contribution in [0.25, 0.3) is 6.08 Å². The van der Waals surface area contributed by atoms with Crippen molar-refractivity contribution in [1.82, 2.24) is 0 Å². The topological polar surface area (TPSA) is 63.6 Å². The van der Waals surface area contributed by atoms with Gasteiger partial charge in [-0.05, 0) is 24.6 Å². The van der Waals surface area contributed by atoms with Gasteiger partial charge in [-0.3, -0.25) is 4.79 Å². The minimum absolute atomic E-state index is 0.127. The number of aromatic carboxylic acids is 1. The number of rotatable bonds is 5. The van der Waals surface area contributed by atoms with E-state index in [-0.39, 0.29) is 18.0 Å². The third-order valence-electron chi connectivity index (χ3n) is 2.13. The molecule has 0 aliphatic heterocycles. The number of esters is 1. The molecule has 1 N–H and O–H groups in total. The molecule has 1 aromatic rings. The van der Waals surface area contributed by atoms with Gasteiger partial charge >= 0.3 is 11.9 Å². The Morgan fingerprint density at radius 1 is 1.44 bits per heavy atom. The number of carboxylic acid groups (broad SMARTS) is 1. The molecule has 1 aromatic carbocycles. The van der Waals surface area contributed by atoms with Crippen molar-refractivity contribution < 1.29 is 19.4 Å². The van der Waals surface area contributed by atoms with Gasteiger partial charge in [-0.25, -0.2) is 4.79 Å². The molecule has 0 amide bonds. The molecule has 0 atom stereocenters. The average molecular weight is 269 g/mol. The summed E-state index contributed by atoms with van der Waals surface area (Å²) in [4.78, 5) is 21.8. The third-order valence-corrected chi connectivity index (χ3v) is 2.46. The lowest BCUT2D eigenvalue weighted by Crippen LogP contribution is -2.01. The Morgan fingerprint density at radius 2 is 2.17 bits per heavy atom. The van der Waals surface area contributed by atoms with Gasteiger partial charge in [0.2, 0.25) is 0 Å². The van der Waals surface area contributed by atoms with Crippen LogP contribution in [0.15, 0.2) is 24.3 Å². The van der Waals surface area contributed by atoms with E-state index in [2.05, 4.69) is 0 Å². The molecular formula is C13H13ClO4. The Bertz CT molecular complexity index is 480. The monoisotopic (exact) mass is 268 g/mol. The van der Waals surface area contributed by atoms with Gasteiger partial charge in [0.15, 0.2) is 0 Å². The zero-order chi connectivity index (χ0) is 13.5. The van der Waals surface area contributed by atoms with Gasteiger partial charge in [-0.15, -0.1) is 0 Å². The zero-order valence-corrected chi connectivity index (χ0v) is 10.6. The highest BCUT2D eigenvalue weighted by molar-refractivity contribution is 6.32. The maximum absolute atomic E-state index is 11.1. The lowest BCUT2D eigenvalue weighted by molar-refractivity contribution is -0.142. The summed E-state index contributed by atoms with van der Waals surface area (Å²) in [7, 11) is 0. The van der Waals surface area contributed by atoms with Crippen LogP contribution in [-0.2, 0) is 9.53 Å². The first-order valence-electron chi connectivity index (χ1n) is 5.39. The molecule has 1 rings (SSSR count). The molecule has 5 heteroatoms. The minimum atomic E-state index is -1.03. The van der Waals surface area contributed by atoms with E-state index >= 15 is 0 Å². The molecule has 0 bridgehead atoms. The van der Waals surface area contributed by atoms with Crippen molar-refractivity contribution in [3.05, 3.63) is 40.4 Å². The molecule has 0 saturated heterocycles. The molecular weight excluding hydrogens is 256 g/mol. The number of halogens is 1. The van der Waals surface area contributed by atoms with Gasteiger partial charge in [0.1, 0.15) is 0 Å². The third kappa shape index (κ3) is 4.22. The number of carboxylic acids is 1. The molecule has 4 nitrogen and oxygen atoms in total. The Morgan fingerprint density at radius 3 is 2.72 bits per heavy atom. The predicted octanol–water partition coefficient (Wildman–Crippen LogP) is 3.00. The van der Waals surface area contributed by atoms with Crippen molar-refractivity contribution >= 4 is 29.6 Å². The highest BCUT2D eigenvalue weighted by Crippen LogP contribution is 2.19. The van der Waals surface area contributed by atoms with Gasteiger partial charge in [0.05, 0.1) is 18.6 Å². The van der Waals surface area contributed by atoms with Gasteiger partial charge in [-0.2, -0.15) is 0 Å². The number of carbonyl (C=O) groups is 2.